The van der Waals surface area contributed by atoms with Crippen molar-refractivity contribution in [3.05, 3.63) is 35.4 Å². The molecule has 0 unspecified atom stereocenters. The van der Waals surface area contributed by atoms with Crippen molar-refractivity contribution in [2.45, 2.75) is 53.0 Å². The lowest BCUT2D eigenvalue weighted by atomic mass is 9.95. The molecule has 0 aliphatic rings. The lowest BCUT2D eigenvalue weighted by molar-refractivity contribution is -0.146. The van der Waals surface area contributed by atoms with Crippen molar-refractivity contribution < 1.29 is 14.3 Å². The summed E-state index contributed by atoms with van der Waals surface area (Å²) < 4.78 is 4.76. The Morgan fingerprint density at radius 2 is 1.61 bits per heavy atom. The van der Waals surface area contributed by atoms with Gasteiger partial charge < -0.3 is 10.1 Å². The monoisotopic (exact) mass is 319 g/mol. The van der Waals surface area contributed by atoms with Gasteiger partial charge in [0.05, 0.1) is 13.0 Å². The molecule has 0 saturated heterocycles. The molecule has 0 spiro atoms. The zero-order valence-corrected chi connectivity index (χ0v) is 15.1. The predicted molar refractivity (Wildman–Crippen MR) is 92.2 cm³/mol. The van der Waals surface area contributed by atoms with Crippen molar-refractivity contribution in [2.75, 3.05) is 7.11 Å². The second-order valence-corrected chi connectivity index (χ2v) is 6.81. The first-order valence-corrected chi connectivity index (χ1v) is 8.23. The number of hydrogen-bond acceptors (Lipinski definition) is 3. The molecule has 1 N–H and O–H groups in total. The first-order valence-electron chi connectivity index (χ1n) is 8.23. The predicted octanol–water partition coefficient (Wildman–Crippen LogP) is 3.30. The fourth-order valence-corrected chi connectivity index (χ4v) is 2.47. The van der Waals surface area contributed by atoms with E-state index in [1.165, 1.54) is 12.7 Å². The normalized spacial score (nSPS) is 13.7. The van der Waals surface area contributed by atoms with E-state index in [4.69, 9.17) is 4.74 Å². The van der Waals surface area contributed by atoms with Gasteiger partial charge in [-0.25, -0.2) is 4.79 Å². The Labute approximate surface area is 139 Å². The first-order chi connectivity index (χ1) is 10.8. The maximum Gasteiger partial charge on any atom is 0.328 e. The van der Waals surface area contributed by atoms with Crippen LogP contribution in [0.3, 0.4) is 0 Å². The van der Waals surface area contributed by atoms with Crippen LogP contribution >= 0.6 is 0 Å². The van der Waals surface area contributed by atoms with Crippen molar-refractivity contribution in [3.8, 4) is 0 Å². The number of amides is 1. The van der Waals surface area contributed by atoms with E-state index in [1.807, 2.05) is 32.9 Å². The minimum Gasteiger partial charge on any atom is -0.467 e. The highest BCUT2D eigenvalue weighted by atomic mass is 16.5. The molecule has 0 radical (unpaired) electrons. The molecule has 1 amide bonds. The van der Waals surface area contributed by atoms with Gasteiger partial charge in [-0.15, -0.1) is 0 Å². The smallest absolute Gasteiger partial charge is 0.328 e. The molecule has 0 aliphatic heterocycles. The third-order valence-corrected chi connectivity index (χ3v) is 3.94. The van der Waals surface area contributed by atoms with Crippen molar-refractivity contribution >= 4 is 11.9 Å². The van der Waals surface area contributed by atoms with Crippen LogP contribution in [0.4, 0.5) is 0 Å². The number of nitrogens with one attached hydrogen (secondary N) is 1. The van der Waals surface area contributed by atoms with E-state index < -0.39 is 12.0 Å². The molecule has 128 valence electrons. The summed E-state index contributed by atoms with van der Waals surface area (Å²) in [5, 5.41) is 2.80. The van der Waals surface area contributed by atoms with Gasteiger partial charge >= 0.3 is 5.97 Å². The number of esters is 1. The number of benzene rings is 1. The highest BCUT2D eigenvalue weighted by Gasteiger charge is 2.27. The molecule has 1 aromatic carbocycles. The van der Waals surface area contributed by atoms with Crippen molar-refractivity contribution in [2.24, 2.45) is 11.8 Å². The molecule has 0 bridgehead atoms. The number of methoxy groups -OCH3 is 1. The third kappa shape index (κ3) is 5.70. The van der Waals surface area contributed by atoms with E-state index in [-0.39, 0.29) is 17.7 Å². The Morgan fingerprint density at radius 3 is 2.04 bits per heavy atom. The number of carbonyl (C=O) groups excluding carboxylic acids is 2. The van der Waals surface area contributed by atoms with Crippen LogP contribution in [0.15, 0.2) is 24.3 Å². The number of ether oxygens (including phenoxy) is 1. The van der Waals surface area contributed by atoms with E-state index in [0.717, 1.165) is 12.0 Å². The first kappa shape index (κ1) is 19.2. The summed E-state index contributed by atoms with van der Waals surface area (Å²) in [7, 11) is 1.33. The molecule has 4 nitrogen and oxygen atoms in total. The van der Waals surface area contributed by atoms with Crippen LogP contribution in [0.1, 0.15) is 51.7 Å². The highest BCUT2D eigenvalue weighted by molar-refractivity contribution is 5.88. The standard InChI is InChI=1S/C19H29NO3/c1-12(2)11-15-7-9-16(10-8-15)14(5)18(21)20-17(13(3)4)19(22)23-6/h7-10,12-14,17H,11H2,1-6H3,(H,20,21)/t14-,17-/m0/s1. The minimum absolute atomic E-state index is 0.0213. The number of carbonyl (C=O) groups is 2. The maximum absolute atomic E-state index is 12.4. The summed E-state index contributed by atoms with van der Waals surface area (Å²) in [6, 6.07) is 7.50. The molecule has 0 fully saturated rings. The van der Waals surface area contributed by atoms with Gasteiger partial charge in [0, 0.05) is 0 Å². The van der Waals surface area contributed by atoms with Gasteiger partial charge in [0.15, 0.2) is 0 Å². The summed E-state index contributed by atoms with van der Waals surface area (Å²) in [6.07, 6.45) is 1.03. The summed E-state index contributed by atoms with van der Waals surface area (Å²) in [4.78, 5) is 24.2. The molecular weight excluding hydrogens is 290 g/mol. The summed E-state index contributed by atoms with van der Waals surface area (Å²) >= 11 is 0. The van der Waals surface area contributed by atoms with Gasteiger partial charge in [-0.2, -0.15) is 0 Å². The fraction of sp³-hybridized carbons (Fsp3) is 0.579. The van der Waals surface area contributed by atoms with Crippen LogP contribution in [-0.4, -0.2) is 25.0 Å². The van der Waals surface area contributed by atoms with Crippen LogP contribution in [0, 0.1) is 11.8 Å². The van der Waals surface area contributed by atoms with Gasteiger partial charge in [-0.05, 0) is 36.3 Å². The van der Waals surface area contributed by atoms with E-state index in [1.54, 1.807) is 0 Å². The number of hydrogen-bond donors (Lipinski definition) is 1. The molecule has 2 atom stereocenters. The summed E-state index contributed by atoms with van der Waals surface area (Å²) in [6.45, 7) is 9.98. The zero-order chi connectivity index (χ0) is 17.6. The van der Waals surface area contributed by atoms with E-state index in [9.17, 15) is 9.59 Å². The number of rotatable bonds is 7. The molecule has 23 heavy (non-hydrogen) atoms. The molecular formula is C19H29NO3. The molecule has 0 aliphatic carbocycles. The van der Waals surface area contributed by atoms with Gasteiger partial charge in [0.2, 0.25) is 5.91 Å². The van der Waals surface area contributed by atoms with E-state index in [0.29, 0.717) is 5.92 Å². The largest absolute Gasteiger partial charge is 0.467 e. The molecule has 0 saturated carbocycles. The second kappa shape index (κ2) is 8.70. The van der Waals surface area contributed by atoms with E-state index >= 15 is 0 Å². The van der Waals surface area contributed by atoms with Crippen LogP contribution < -0.4 is 5.32 Å². The lowest BCUT2D eigenvalue weighted by Gasteiger charge is -2.22. The van der Waals surface area contributed by atoms with Gasteiger partial charge in [-0.1, -0.05) is 52.0 Å². The van der Waals surface area contributed by atoms with Crippen molar-refractivity contribution in [1.29, 1.82) is 0 Å². The molecule has 0 aromatic heterocycles. The topological polar surface area (TPSA) is 55.4 Å². The van der Waals surface area contributed by atoms with Crippen LogP contribution in [-0.2, 0) is 20.7 Å². The Balaban J connectivity index is 2.77. The van der Waals surface area contributed by atoms with Crippen molar-refractivity contribution in [3.63, 3.8) is 0 Å². The van der Waals surface area contributed by atoms with Crippen LogP contribution in [0.5, 0.6) is 0 Å². The Morgan fingerprint density at radius 1 is 1.04 bits per heavy atom. The highest BCUT2D eigenvalue weighted by Crippen LogP contribution is 2.18. The van der Waals surface area contributed by atoms with Gasteiger partial charge in [-0.3, -0.25) is 4.79 Å². The van der Waals surface area contributed by atoms with Crippen molar-refractivity contribution in [1.82, 2.24) is 5.32 Å². The zero-order valence-electron chi connectivity index (χ0n) is 15.1. The molecule has 4 heteroatoms. The Hall–Kier alpha value is -1.84. The van der Waals surface area contributed by atoms with Crippen LogP contribution in [0.25, 0.3) is 0 Å². The lowest BCUT2D eigenvalue weighted by Crippen LogP contribution is -2.46. The quantitative estimate of drug-likeness (QED) is 0.785. The minimum atomic E-state index is -0.616. The average Bonchev–Trinajstić information content (AvgIpc) is 2.50. The molecule has 1 aromatic rings. The van der Waals surface area contributed by atoms with Gasteiger partial charge in [0.25, 0.3) is 0 Å². The molecule has 0 heterocycles. The van der Waals surface area contributed by atoms with Gasteiger partial charge in [0.1, 0.15) is 6.04 Å². The second-order valence-electron chi connectivity index (χ2n) is 6.81. The maximum atomic E-state index is 12.4. The van der Waals surface area contributed by atoms with Crippen LogP contribution in [0.2, 0.25) is 0 Å². The summed E-state index contributed by atoms with van der Waals surface area (Å²) in [5.74, 6) is -0.298. The third-order valence-electron chi connectivity index (χ3n) is 3.94. The van der Waals surface area contributed by atoms with E-state index in [2.05, 4.69) is 31.3 Å². The Kier molecular flexibility index (Phi) is 7.27. The fourth-order valence-electron chi connectivity index (χ4n) is 2.47. The molecule has 1 rings (SSSR count). The summed E-state index contributed by atoms with van der Waals surface area (Å²) in [5.41, 5.74) is 2.22. The Bertz CT molecular complexity index is 520. The SMILES string of the molecule is COC(=O)[C@@H](NC(=O)[C@@H](C)c1ccc(CC(C)C)cc1)C(C)C. The average molecular weight is 319 g/mol.